The molecule has 0 aliphatic heterocycles. The van der Waals surface area contributed by atoms with Crippen LogP contribution in [0.25, 0.3) is 21.9 Å². The number of rotatable bonds is 1. The van der Waals surface area contributed by atoms with Crippen LogP contribution in [0.4, 0.5) is 0 Å². The number of fused-ring (bicyclic) bond motifs is 2. The summed E-state index contributed by atoms with van der Waals surface area (Å²) in [6, 6.07) is 17.7. The molecule has 0 saturated carbocycles. The first-order valence-electron chi connectivity index (χ1n) is 6.54. The molecule has 0 unspecified atom stereocenters. The Morgan fingerprint density at radius 3 is 2.30 bits per heavy atom. The molecule has 3 aromatic rings. The largest absolute Gasteiger partial charge is 0.497 e. The van der Waals surface area contributed by atoms with Gasteiger partial charge in [0.15, 0.2) is 5.78 Å². The van der Waals surface area contributed by atoms with E-state index >= 15 is 0 Å². The molecule has 0 radical (unpaired) electrons. The third-order valence-electron chi connectivity index (χ3n) is 3.91. The third kappa shape index (κ3) is 1.36. The molecule has 1 aliphatic carbocycles. The molecule has 3 aromatic carbocycles. The molecule has 0 saturated heterocycles. The molecule has 0 atom stereocenters. The van der Waals surface area contributed by atoms with Gasteiger partial charge in [-0.2, -0.15) is 0 Å². The third-order valence-corrected chi connectivity index (χ3v) is 3.91. The van der Waals surface area contributed by atoms with E-state index in [4.69, 9.17) is 4.74 Å². The molecular formula is C18H12O2. The minimum Gasteiger partial charge on any atom is -0.497 e. The zero-order valence-electron chi connectivity index (χ0n) is 11.0. The second-order valence-electron chi connectivity index (χ2n) is 4.95. The van der Waals surface area contributed by atoms with Gasteiger partial charge in [0.1, 0.15) is 5.75 Å². The summed E-state index contributed by atoms with van der Waals surface area (Å²) < 4.78 is 5.29. The van der Waals surface area contributed by atoms with Gasteiger partial charge in [-0.1, -0.05) is 36.4 Å². The summed E-state index contributed by atoms with van der Waals surface area (Å²) in [5.74, 6) is 0.861. The maximum Gasteiger partial charge on any atom is 0.194 e. The molecule has 0 fully saturated rings. The molecule has 0 aromatic heterocycles. The van der Waals surface area contributed by atoms with Gasteiger partial charge < -0.3 is 4.74 Å². The maximum atomic E-state index is 12.7. The number of hydrogen-bond acceptors (Lipinski definition) is 2. The summed E-state index contributed by atoms with van der Waals surface area (Å²) in [6.45, 7) is 0. The quantitative estimate of drug-likeness (QED) is 0.516. The fourth-order valence-electron chi connectivity index (χ4n) is 2.97. The monoisotopic (exact) mass is 260 g/mol. The fourth-order valence-corrected chi connectivity index (χ4v) is 2.97. The molecule has 96 valence electrons. The summed E-state index contributed by atoms with van der Waals surface area (Å²) in [5.41, 5.74) is 3.60. The first kappa shape index (κ1) is 11.2. The van der Waals surface area contributed by atoms with Gasteiger partial charge in [-0.05, 0) is 34.7 Å². The molecule has 1 aliphatic rings. The maximum absolute atomic E-state index is 12.7. The van der Waals surface area contributed by atoms with Gasteiger partial charge in [0.2, 0.25) is 0 Å². The van der Waals surface area contributed by atoms with Gasteiger partial charge in [0, 0.05) is 16.5 Å². The van der Waals surface area contributed by atoms with Crippen molar-refractivity contribution >= 4 is 16.6 Å². The van der Waals surface area contributed by atoms with Crippen molar-refractivity contribution in [2.75, 3.05) is 7.11 Å². The second kappa shape index (κ2) is 3.94. The van der Waals surface area contributed by atoms with Crippen molar-refractivity contribution in [2.24, 2.45) is 0 Å². The zero-order chi connectivity index (χ0) is 13.7. The highest BCUT2D eigenvalue weighted by molar-refractivity contribution is 6.25. The summed E-state index contributed by atoms with van der Waals surface area (Å²) in [6.07, 6.45) is 0. The SMILES string of the molecule is COc1ccc2c(c1)-c1cccc3cccc(c13)C2=O. The van der Waals surface area contributed by atoms with Crippen LogP contribution in [0.3, 0.4) is 0 Å². The van der Waals surface area contributed by atoms with Crippen LogP contribution in [0.1, 0.15) is 15.9 Å². The first-order valence-corrected chi connectivity index (χ1v) is 6.54. The highest BCUT2D eigenvalue weighted by Gasteiger charge is 2.24. The van der Waals surface area contributed by atoms with E-state index < -0.39 is 0 Å². The first-order chi connectivity index (χ1) is 9.79. The van der Waals surface area contributed by atoms with Crippen LogP contribution in [0.15, 0.2) is 54.6 Å². The number of ether oxygens (including phenoxy) is 1. The van der Waals surface area contributed by atoms with Gasteiger partial charge in [-0.3, -0.25) is 4.79 Å². The number of carbonyl (C=O) groups is 1. The van der Waals surface area contributed by atoms with E-state index in [1.165, 1.54) is 0 Å². The molecule has 2 nitrogen and oxygen atoms in total. The summed E-state index contributed by atoms with van der Waals surface area (Å²) in [5, 5.41) is 2.14. The Morgan fingerprint density at radius 1 is 0.800 bits per heavy atom. The summed E-state index contributed by atoms with van der Waals surface area (Å²) >= 11 is 0. The Kier molecular flexibility index (Phi) is 2.21. The standard InChI is InChI=1S/C18H12O2/c1-20-12-8-9-14-16(10-12)13-6-2-4-11-5-3-7-15(17(11)13)18(14)19/h2-10H,1H3. The lowest BCUT2D eigenvalue weighted by Gasteiger charge is -2.20. The van der Waals surface area contributed by atoms with Crippen LogP contribution in [-0.4, -0.2) is 12.9 Å². The molecule has 4 rings (SSSR count). The van der Waals surface area contributed by atoms with E-state index in [0.717, 1.165) is 38.8 Å². The highest BCUT2D eigenvalue weighted by atomic mass is 16.5. The second-order valence-corrected chi connectivity index (χ2v) is 4.95. The average molecular weight is 260 g/mol. The van der Waals surface area contributed by atoms with Crippen molar-refractivity contribution in [3.05, 3.63) is 65.7 Å². The molecule has 0 bridgehead atoms. The smallest absolute Gasteiger partial charge is 0.194 e. The van der Waals surface area contributed by atoms with Crippen molar-refractivity contribution in [2.45, 2.75) is 0 Å². The predicted octanol–water partition coefficient (Wildman–Crippen LogP) is 4.06. The van der Waals surface area contributed by atoms with Crippen LogP contribution in [0.2, 0.25) is 0 Å². The van der Waals surface area contributed by atoms with Crippen LogP contribution in [0.5, 0.6) is 5.75 Å². The highest BCUT2D eigenvalue weighted by Crippen LogP contribution is 2.40. The average Bonchev–Trinajstić information content (AvgIpc) is 2.51. The van der Waals surface area contributed by atoms with E-state index in [1.54, 1.807) is 7.11 Å². The number of ketones is 1. The number of carbonyl (C=O) groups excluding carboxylic acids is 1. The lowest BCUT2D eigenvalue weighted by molar-refractivity contribution is 0.104. The molecule has 20 heavy (non-hydrogen) atoms. The van der Waals surface area contributed by atoms with Crippen molar-refractivity contribution in [1.82, 2.24) is 0 Å². The zero-order valence-corrected chi connectivity index (χ0v) is 11.0. The van der Waals surface area contributed by atoms with E-state index in [0.29, 0.717) is 0 Å². The Balaban J connectivity index is 2.18. The predicted molar refractivity (Wildman–Crippen MR) is 79.4 cm³/mol. The fraction of sp³-hybridized carbons (Fsp3) is 0.0556. The molecule has 0 amide bonds. The van der Waals surface area contributed by atoms with E-state index in [2.05, 4.69) is 6.07 Å². The minimum atomic E-state index is 0.0898. The topological polar surface area (TPSA) is 26.3 Å². The normalized spacial score (nSPS) is 12.3. The molecule has 0 spiro atoms. The lowest BCUT2D eigenvalue weighted by Crippen LogP contribution is -2.09. The van der Waals surface area contributed by atoms with Gasteiger partial charge in [-0.15, -0.1) is 0 Å². The van der Waals surface area contributed by atoms with E-state index in [9.17, 15) is 4.79 Å². The van der Waals surface area contributed by atoms with Gasteiger partial charge in [0.05, 0.1) is 7.11 Å². The van der Waals surface area contributed by atoms with Crippen molar-refractivity contribution in [3.63, 3.8) is 0 Å². The number of benzene rings is 3. The minimum absolute atomic E-state index is 0.0898. The van der Waals surface area contributed by atoms with Crippen molar-refractivity contribution < 1.29 is 9.53 Å². The van der Waals surface area contributed by atoms with Crippen LogP contribution >= 0.6 is 0 Å². The van der Waals surface area contributed by atoms with Gasteiger partial charge in [0.25, 0.3) is 0 Å². The molecule has 0 N–H and O–H groups in total. The Bertz CT molecular complexity index is 857. The lowest BCUT2D eigenvalue weighted by atomic mass is 9.83. The van der Waals surface area contributed by atoms with Crippen LogP contribution in [-0.2, 0) is 0 Å². The number of methoxy groups -OCH3 is 1. The van der Waals surface area contributed by atoms with Crippen LogP contribution < -0.4 is 4.74 Å². The Hall–Kier alpha value is -2.61. The summed E-state index contributed by atoms with van der Waals surface area (Å²) in [7, 11) is 1.64. The molecular weight excluding hydrogens is 248 g/mol. The van der Waals surface area contributed by atoms with Gasteiger partial charge in [-0.25, -0.2) is 0 Å². The Labute approximate surface area is 116 Å². The molecule has 2 heteroatoms. The molecule has 0 heterocycles. The van der Waals surface area contributed by atoms with Crippen molar-refractivity contribution in [1.29, 1.82) is 0 Å². The van der Waals surface area contributed by atoms with Crippen molar-refractivity contribution in [3.8, 4) is 16.9 Å². The van der Waals surface area contributed by atoms with Gasteiger partial charge >= 0.3 is 0 Å². The van der Waals surface area contributed by atoms with E-state index in [1.807, 2.05) is 48.5 Å². The number of hydrogen-bond donors (Lipinski definition) is 0. The Morgan fingerprint density at radius 2 is 1.55 bits per heavy atom. The van der Waals surface area contributed by atoms with E-state index in [-0.39, 0.29) is 5.78 Å². The summed E-state index contributed by atoms with van der Waals surface area (Å²) in [4.78, 5) is 12.7. The van der Waals surface area contributed by atoms with Crippen LogP contribution in [0, 0.1) is 0 Å².